The zero-order valence-corrected chi connectivity index (χ0v) is 13.6. The number of rotatable bonds is 6. The van der Waals surface area contributed by atoms with Crippen LogP contribution in [0.5, 0.6) is 0 Å². The molecule has 0 aliphatic rings. The van der Waals surface area contributed by atoms with E-state index in [1.54, 1.807) is 25.3 Å². The Balaban J connectivity index is 2.11. The molecule has 2 rings (SSSR count). The largest absolute Gasteiger partial charge is 0.380 e. The lowest BCUT2D eigenvalue weighted by Crippen LogP contribution is -2.01. The third-order valence-electron chi connectivity index (χ3n) is 3.10. The van der Waals surface area contributed by atoms with Crippen molar-refractivity contribution in [3.05, 3.63) is 50.2 Å². The number of benzene rings is 1. The number of anilines is 1. The van der Waals surface area contributed by atoms with Crippen LogP contribution in [0.25, 0.3) is 0 Å². The molecule has 0 unspecified atom stereocenters. The van der Waals surface area contributed by atoms with E-state index in [4.69, 9.17) is 0 Å². The molecule has 7 heteroatoms. The van der Waals surface area contributed by atoms with Gasteiger partial charge in [-0.1, -0.05) is 6.92 Å². The number of halogens is 1. The molecule has 0 saturated carbocycles. The van der Waals surface area contributed by atoms with Gasteiger partial charge in [0.05, 0.1) is 16.8 Å². The molecule has 0 atom stereocenters. The van der Waals surface area contributed by atoms with Gasteiger partial charge in [0, 0.05) is 41.0 Å². The summed E-state index contributed by atoms with van der Waals surface area (Å²) in [7, 11) is 0. The molecular formula is C14H17BrN4O2. The van der Waals surface area contributed by atoms with Crippen molar-refractivity contribution in [1.82, 2.24) is 9.78 Å². The van der Waals surface area contributed by atoms with Crippen LogP contribution in [0.3, 0.4) is 0 Å². The normalized spacial score (nSPS) is 10.6. The Labute approximate surface area is 131 Å². The molecule has 112 valence electrons. The lowest BCUT2D eigenvalue weighted by atomic mass is 10.2. The first-order valence-electron chi connectivity index (χ1n) is 6.71. The van der Waals surface area contributed by atoms with E-state index in [1.807, 2.05) is 10.9 Å². The number of nitro groups is 1. The molecule has 1 heterocycles. The third kappa shape index (κ3) is 3.81. The maximum Gasteiger partial charge on any atom is 0.274 e. The predicted octanol–water partition coefficient (Wildman–Crippen LogP) is 3.88. The Morgan fingerprint density at radius 1 is 1.48 bits per heavy atom. The summed E-state index contributed by atoms with van der Waals surface area (Å²) in [6, 6.07) is 3.30. The van der Waals surface area contributed by atoms with Crippen LogP contribution in [0.4, 0.5) is 11.4 Å². The van der Waals surface area contributed by atoms with Gasteiger partial charge in [0.25, 0.3) is 5.69 Å². The summed E-state index contributed by atoms with van der Waals surface area (Å²) in [4.78, 5) is 10.6. The Morgan fingerprint density at radius 2 is 2.24 bits per heavy atom. The third-order valence-corrected chi connectivity index (χ3v) is 3.76. The average Bonchev–Trinajstić information content (AvgIpc) is 2.85. The highest BCUT2D eigenvalue weighted by atomic mass is 79.9. The van der Waals surface area contributed by atoms with E-state index in [0.717, 1.165) is 23.0 Å². The second-order valence-corrected chi connectivity index (χ2v) is 5.70. The molecule has 21 heavy (non-hydrogen) atoms. The molecule has 1 N–H and O–H groups in total. The van der Waals surface area contributed by atoms with Crippen molar-refractivity contribution in [2.45, 2.75) is 33.4 Å². The van der Waals surface area contributed by atoms with Gasteiger partial charge in [-0.05, 0) is 35.3 Å². The molecule has 0 saturated heterocycles. The van der Waals surface area contributed by atoms with Gasteiger partial charge in [0.15, 0.2) is 0 Å². The second kappa shape index (κ2) is 6.71. The monoisotopic (exact) mass is 352 g/mol. The molecule has 0 aliphatic heterocycles. The van der Waals surface area contributed by atoms with Crippen LogP contribution in [0.15, 0.2) is 29.0 Å². The lowest BCUT2D eigenvalue weighted by Gasteiger charge is -2.08. The van der Waals surface area contributed by atoms with Crippen LogP contribution in [0.1, 0.15) is 24.5 Å². The van der Waals surface area contributed by atoms with Gasteiger partial charge < -0.3 is 5.32 Å². The number of nitrogens with one attached hydrogen (secondary N) is 1. The van der Waals surface area contributed by atoms with E-state index in [-0.39, 0.29) is 10.6 Å². The van der Waals surface area contributed by atoms with Gasteiger partial charge in [-0.2, -0.15) is 5.10 Å². The summed E-state index contributed by atoms with van der Waals surface area (Å²) in [5, 5.41) is 18.4. The molecule has 0 amide bonds. The molecule has 2 aromatic rings. The first-order valence-corrected chi connectivity index (χ1v) is 7.50. The zero-order chi connectivity index (χ0) is 15.4. The predicted molar refractivity (Wildman–Crippen MR) is 85.4 cm³/mol. The lowest BCUT2D eigenvalue weighted by molar-refractivity contribution is -0.385. The smallest absolute Gasteiger partial charge is 0.274 e. The van der Waals surface area contributed by atoms with Gasteiger partial charge in [-0.25, -0.2) is 0 Å². The van der Waals surface area contributed by atoms with Gasteiger partial charge in [0.1, 0.15) is 0 Å². The second-order valence-electron chi connectivity index (χ2n) is 4.84. The molecule has 0 radical (unpaired) electrons. The topological polar surface area (TPSA) is 73.0 Å². The molecule has 0 bridgehead atoms. The summed E-state index contributed by atoms with van der Waals surface area (Å²) in [5.74, 6) is 0. The van der Waals surface area contributed by atoms with Gasteiger partial charge in [-0.15, -0.1) is 0 Å². The van der Waals surface area contributed by atoms with Crippen molar-refractivity contribution < 1.29 is 4.92 Å². The first-order chi connectivity index (χ1) is 10.0. The molecule has 0 aliphatic carbocycles. The van der Waals surface area contributed by atoms with E-state index < -0.39 is 0 Å². The number of aromatic nitrogens is 2. The molecule has 1 aromatic carbocycles. The van der Waals surface area contributed by atoms with Crippen LogP contribution < -0.4 is 5.32 Å². The highest BCUT2D eigenvalue weighted by Crippen LogP contribution is 2.30. The fourth-order valence-electron chi connectivity index (χ4n) is 2.04. The number of aryl methyl sites for hydroxylation is 2. The zero-order valence-electron chi connectivity index (χ0n) is 12.0. The number of nitro benzene ring substituents is 1. The van der Waals surface area contributed by atoms with E-state index >= 15 is 0 Å². The fraction of sp³-hybridized carbons (Fsp3) is 0.357. The van der Waals surface area contributed by atoms with Crippen LogP contribution in [-0.4, -0.2) is 14.7 Å². The van der Waals surface area contributed by atoms with Crippen molar-refractivity contribution in [3.63, 3.8) is 0 Å². The van der Waals surface area contributed by atoms with Crippen molar-refractivity contribution in [1.29, 1.82) is 0 Å². The molecular weight excluding hydrogens is 336 g/mol. The number of hydrogen-bond acceptors (Lipinski definition) is 4. The Morgan fingerprint density at radius 3 is 2.90 bits per heavy atom. The molecule has 6 nitrogen and oxygen atoms in total. The number of nitrogens with zero attached hydrogens (tertiary/aromatic N) is 3. The SMILES string of the molecule is CCCn1cc(CNc2cc([N+](=O)[O-])c(C)cc2Br)cn1. The minimum absolute atomic E-state index is 0.113. The van der Waals surface area contributed by atoms with Crippen molar-refractivity contribution in [3.8, 4) is 0 Å². The van der Waals surface area contributed by atoms with E-state index in [9.17, 15) is 10.1 Å². The maximum atomic E-state index is 11.0. The minimum atomic E-state index is -0.369. The molecule has 0 spiro atoms. The van der Waals surface area contributed by atoms with Crippen molar-refractivity contribution in [2.75, 3.05) is 5.32 Å². The van der Waals surface area contributed by atoms with Gasteiger partial charge >= 0.3 is 0 Å². The average molecular weight is 353 g/mol. The van der Waals surface area contributed by atoms with Crippen LogP contribution in [-0.2, 0) is 13.1 Å². The summed E-state index contributed by atoms with van der Waals surface area (Å²) in [5.41, 5.74) is 2.49. The Bertz CT molecular complexity index is 654. The molecule has 0 fully saturated rings. The van der Waals surface area contributed by atoms with Crippen molar-refractivity contribution >= 4 is 27.3 Å². The van der Waals surface area contributed by atoms with Crippen LogP contribution in [0.2, 0.25) is 0 Å². The number of hydrogen-bond donors (Lipinski definition) is 1. The Hall–Kier alpha value is -1.89. The summed E-state index contributed by atoms with van der Waals surface area (Å²) >= 11 is 3.43. The van der Waals surface area contributed by atoms with E-state index in [2.05, 4.69) is 33.3 Å². The van der Waals surface area contributed by atoms with Gasteiger partial charge in [-0.3, -0.25) is 14.8 Å². The molecule has 1 aromatic heterocycles. The summed E-state index contributed by atoms with van der Waals surface area (Å²) in [6.07, 6.45) is 4.82. The summed E-state index contributed by atoms with van der Waals surface area (Å²) < 4.78 is 2.70. The van der Waals surface area contributed by atoms with Crippen LogP contribution in [0, 0.1) is 17.0 Å². The highest BCUT2D eigenvalue weighted by Gasteiger charge is 2.14. The maximum absolute atomic E-state index is 11.0. The van der Waals surface area contributed by atoms with E-state index in [0.29, 0.717) is 17.8 Å². The minimum Gasteiger partial charge on any atom is -0.380 e. The Kier molecular flexibility index (Phi) is 4.95. The van der Waals surface area contributed by atoms with Gasteiger partial charge in [0.2, 0.25) is 0 Å². The van der Waals surface area contributed by atoms with Crippen LogP contribution >= 0.6 is 15.9 Å². The quantitative estimate of drug-likeness (QED) is 0.632. The first kappa shape index (κ1) is 15.5. The standard InChI is InChI=1S/C14H17BrN4O2/c1-3-4-18-9-11(8-17-18)7-16-13-6-14(19(20)21)10(2)5-12(13)15/h5-6,8-9,16H,3-4,7H2,1-2H3. The van der Waals surface area contributed by atoms with Crippen molar-refractivity contribution in [2.24, 2.45) is 0 Å². The highest BCUT2D eigenvalue weighted by molar-refractivity contribution is 9.10. The summed E-state index contributed by atoms with van der Waals surface area (Å²) in [6.45, 7) is 5.28. The fourth-order valence-corrected chi connectivity index (χ4v) is 2.64. The van der Waals surface area contributed by atoms with E-state index in [1.165, 1.54) is 0 Å².